The zero-order valence-electron chi connectivity index (χ0n) is 11.3. The Morgan fingerprint density at radius 3 is 2.35 bits per heavy atom. The average Bonchev–Trinajstić information content (AvgIpc) is 2.56. The standard InChI is InChI=1S/C14H15ClN2O3/c1-7-9(6-17(2)10(7)12(15)19)11(18)13(20)16-14-3-8(4-14)5-14/h6,8H,3-5H2,1-2H3,(H,16,20). The molecular formula is C14H15ClN2O3. The Balaban J connectivity index is 1.81. The van der Waals surface area contributed by atoms with Crippen LogP contribution in [0.1, 0.15) is 45.7 Å². The fourth-order valence-corrected chi connectivity index (χ4v) is 3.59. The van der Waals surface area contributed by atoms with E-state index in [4.69, 9.17) is 11.6 Å². The smallest absolute Gasteiger partial charge is 0.292 e. The van der Waals surface area contributed by atoms with Gasteiger partial charge in [0, 0.05) is 24.3 Å². The highest BCUT2D eigenvalue weighted by Crippen LogP contribution is 2.56. The van der Waals surface area contributed by atoms with E-state index in [1.54, 1.807) is 14.0 Å². The van der Waals surface area contributed by atoms with E-state index in [1.807, 2.05) is 0 Å². The third kappa shape index (κ3) is 1.80. The van der Waals surface area contributed by atoms with E-state index in [-0.39, 0.29) is 16.8 Å². The summed E-state index contributed by atoms with van der Waals surface area (Å²) in [6.07, 6.45) is 4.41. The van der Waals surface area contributed by atoms with Gasteiger partial charge in [-0.05, 0) is 49.3 Å². The molecular weight excluding hydrogens is 280 g/mol. The first-order chi connectivity index (χ1) is 9.33. The van der Waals surface area contributed by atoms with Gasteiger partial charge in [0.15, 0.2) is 0 Å². The van der Waals surface area contributed by atoms with Gasteiger partial charge in [-0.25, -0.2) is 0 Å². The summed E-state index contributed by atoms with van der Waals surface area (Å²) < 4.78 is 1.48. The van der Waals surface area contributed by atoms with E-state index in [0.717, 1.165) is 25.2 Å². The number of nitrogens with one attached hydrogen (secondary N) is 1. The van der Waals surface area contributed by atoms with Crippen LogP contribution in [-0.4, -0.2) is 27.0 Å². The van der Waals surface area contributed by atoms with Crippen LogP contribution in [0.2, 0.25) is 0 Å². The molecule has 2 bridgehead atoms. The predicted octanol–water partition coefficient (Wildman–Crippen LogP) is 1.56. The molecule has 1 amide bonds. The molecule has 1 aromatic heterocycles. The minimum Gasteiger partial charge on any atom is -0.346 e. The van der Waals surface area contributed by atoms with Crippen LogP contribution in [-0.2, 0) is 11.8 Å². The minimum absolute atomic E-state index is 0.134. The first-order valence-electron chi connectivity index (χ1n) is 6.55. The number of carbonyl (C=O) groups excluding carboxylic acids is 3. The highest BCUT2D eigenvalue weighted by molar-refractivity contribution is 6.67. The molecule has 20 heavy (non-hydrogen) atoms. The van der Waals surface area contributed by atoms with Crippen molar-refractivity contribution in [1.29, 1.82) is 0 Å². The van der Waals surface area contributed by atoms with Crippen molar-refractivity contribution in [3.05, 3.63) is 23.0 Å². The Labute approximate surface area is 121 Å². The molecule has 0 aromatic carbocycles. The number of nitrogens with zero attached hydrogens (tertiary/aromatic N) is 1. The predicted molar refractivity (Wildman–Crippen MR) is 72.9 cm³/mol. The molecule has 3 aliphatic rings. The van der Waals surface area contributed by atoms with Crippen molar-refractivity contribution in [2.24, 2.45) is 13.0 Å². The fourth-order valence-electron chi connectivity index (χ4n) is 3.31. The normalized spacial score (nSPS) is 26.4. The maximum absolute atomic E-state index is 12.2. The fraction of sp³-hybridized carbons (Fsp3) is 0.500. The molecule has 0 unspecified atom stereocenters. The Kier molecular flexibility index (Phi) is 2.80. The zero-order chi connectivity index (χ0) is 14.7. The summed E-state index contributed by atoms with van der Waals surface area (Å²) in [5, 5.41) is 2.19. The molecule has 0 atom stereocenters. The average molecular weight is 295 g/mol. The van der Waals surface area contributed by atoms with Gasteiger partial charge in [0.2, 0.25) is 0 Å². The molecule has 0 spiro atoms. The van der Waals surface area contributed by atoms with Gasteiger partial charge in [-0.2, -0.15) is 0 Å². The minimum atomic E-state index is -0.635. The summed E-state index contributed by atoms with van der Waals surface area (Å²) in [6, 6.07) is 0. The van der Waals surface area contributed by atoms with E-state index in [0.29, 0.717) is 5.56 Å². The quantitative estimate of drug-likeness (QED) is 0.520. The first kappa shape index (κ1) is 13.4. The molecule has 0 aliphatic heterocycles. The van der Waals surface area contributed by atoms with Gasteiger partial charge in [-0.1, -0.05) is 0 Å². The van der Waals surface area contributed by atoms with E-state index in [9.17, 15) is 14.4 Å². The lowest BCUT2D eigenvalue weighted by Crippen LogP contribution is -2.68. The molecule has 0 radical (unpaired) electrons. The number of carbonyl (C=O) groups is 3. The summed E-state index contributed by atoms with van der Waals surface area (Å²) in [5.74, 6) is -0.471. The van der Waals surface area contributed by atoms with E-state index in [2.05, 4.69) is 5.32 Å². The van der Waals surface area contributed by atoms with Gasteiger partial charge < -0.3 is 9.88 Å². The number of halogens is 1. The van der Waals surface area contributed by atoms with Crippen molar-refractivity contribution in [3.8, 4) is 0 Å². The second kappa shape index (κ2) is 4.19. The van der Waals surface area contributed by atoms with Crippen molar-refractivity contribution >= 4 is 28.5 Å². The largest absolute Gasteiger partial charge is 0.346 e. The second-order valence-corrected chi connectivity index (χ2v) is 6.29. The van der Waals surface area contributed by atoms with Crippen molar-refractivity contribution in [1.82, 2.24) is 9.88 Å². The summed E-state index contributed by atoms with van der Waals surface area (Å²) >= 11 is 5.48. The first-order valence-corrected chi connectivity index (χ1v) is 6.93. The summed E-state index contributed by atoms with van der Waals surface area (Å²) in [5.41, 5.74) is 0.796. The van der Waals surface area contributed by atoms with E-state index < -0.39 is 16.9 Å². The molecule has 3 fully saturated rings. The molecule has 4 rings (SSSR count). The van der Waals surface area contributed by atoms with Crippen LogP contribution in [0.15, 0.2) is 6.20 Å². The molecule has 6 heteroatoms. The SMILES string of the molecule is Cc1c(C(=O)C(=O)NC23CC(C2)C3)cn(C)c1C(=O)Cl. The van der Waals surface area contributed by atoms with Gasteiger partial charge in [0.05, 0.1) is 0 Å². The van der Waals surface area contributed by atoms with Crippen LogP contribution >= 0.6 is 11.6 Å². The van der Waals surface area contributed by atoms with Crippen molar-refractivity contribution in [2.45, 2.75) is 31.7 Å². The molecule has 0 saturated heterocycles. The molecule has 3 saturated carbocycles. The maximum Gasteiger partial charge on any atom is 0.292 e. The highest BCUT2D eigenvalue weighted by Gasteiger charge is 2.57. The van der Waals surface area contributed by atoms with E-state index in [1.165, 1.54) is 10.8 Å². The Bertz CT molecular complexity index is 630. The number of hydrogen-bond acceptors (Lipinski definition) is 3. The number of aromatic nitrogens is 1. The zero-order valence-corrected chi connectivity index (χ0v) is 12.1. The van der Waals surface area contributed by atoms with Gasteiger partial charge in [0.1, 0.15) is 5.69 Å². The second-order valence-electron chi connectivity index (χ2n) is 5.94. The number of ketones is 1. The van der Waals surface area contributed by atoms with Gasteiger partial charge in [0.25, 0.3) is 16.9 Å². The van der Waals surface area contributed by atoms with Crippen LogP contribution < -0.4 is 5.32 Å². The molecule has 1 aromatic rings. The Morgan fingerprint density at radius 2 is 1.95 bits per heavy atom. The van der Waals surface area contributed by atoms with Crippen LogP contribution in [0, 0.1) is 12.8 Å². The topological polar surface area (TPSA) is 68.2 Å². The lowest BCUT2D eigenvalue weighted by molar-refractivity contribution is -0.128. The number of aryl methyl sites for hydroxylation is 1. The number of rotatable bonds is 4. The van der Waals surface area contributed by atoms with Gasteiger partial charge >= 0.3 is 0 Å². The lowest BCUT2D eigenvalue weighted by atomic mass is 9.50. The Morgan fingerprint density at radius 1 is 1.35 bits per heavy atom. The Hall–Kier alpha value is -1.62. The maximum atomic E-state index is 12.2. The molecule has 1 heterocycles. The lowest BCUT2D eigenvalue weighted by Gasteiger charge is -2.61. The number of amides is 1. The monoisotopic (exact) mass is 294 g/mol. The number of Topliss-reactive ketones (excluding diaryl/α,β-unsaturated/α-hetero) is 1. The summed E-state index contributed by atoms with van der Waals surface area (Å²) in [6.45, 7) is 1.62. The molecule has 106 valence electrons. The third-order valence-electron chi connectivity index (χ3n) is 4.49. The van der Waals surface area contributed by atoms with Crippen molar-refractivity contribution in [3.63, 3.8) is 0 Å². The van der Waals surface area contributed by atoms with Gasteiger partial charge in [-0.15, -0.1) is 0 Å². The van der Waals surface area contributed by atoms with Crippen LogP contribution in [0.25, 0.3) is 0 Å². The molecule has 3 aliphatic carbocycles. The van der Waals surface area contributed by atoms with Crippen LogP contribution in [0.5, 0.6) is 0 Å². The molecule has 5 nitrogen and oxygen atoms in total. The third-order valence-corrected chi connectivity index (χ3v) is 4.67. The highest BCUT2D eigenvalue weighted by atomic mass is 35.5. The van der Waals surface area contributed by atoms with E-state index >= 15 is 0 Å². The number of hydrogen-bond donors (Lipinski definition) is 1. The summed E-state index contributed by atoms with van der Waals surface area (Å²) in [7, 11) is 1.62. The van der Waals surface area contributed by atoms with Crippen LogP contribution in [0.4, 0.5) is 0 Å². The van der Waals surface area contributed by atoms with Crippen molar-refractivity contribution < 1.29 is 14.4 Å². The summed E-state index contributed by atoms with van der Waals surface area (Å²) in [4.78, 5) is 35.6. The van der Waals surface area contributed by atoms with Gasteiger partial charge in [-0.3, -0.25) is 14.4 Å². The molecule has 1 N–H and O–H groups in total. The van der Waals surface area contributed by atoms with Crippen molar-refractivity contribution in [2.75, 3.05) is 0 Å². The van der Waals surface area contributed by atoms with Crippen LogP contribution in [0.3, 0.4) is 0 Å².